The average Bonchev–Trinajstić information content (AvgIpc) is 2.39. The summed E-state index contributed by atoms with van der Waals surface area (Å²) in [5.74, 6) is 0.230. The Morgan fingerprint density at radius 1 is 1.43 bits per heavy atom. The molecule has 1 aromatic rings. The van der Waals surface area contributed by atoms with E-state index in [1.54, 1.807) is 0 Å². The molecule has 1 saturated heterocycles. The molecule has 1 atom stereocenters. The summed E-state index contributed by atoms with van der Waals surface area (Å²) in [7, 11) is 0. The highest BCUT2D eigenvalue weighted by atomic mass is 79.9. The number of hydrogen-bond acceptors (Lipinski definition) is 3. The first-order valence-electron chi connectivity index (χ1n) is 6.81. The van der Waals surface area contributed by atoms with E-state index in [1.807, 2.05) is 0 Å². The minimum atomic E-state index is -4.35. The van der Waals surface area contributed by atoms with Crippen LogP contribution >= 0.6 is 15.9 Å². The quantitative estimate of drug-likeness (QED) is 0.885. The number of piperazine rings is 1. The Labute approximate surface area is 130 Å². The molecule has 2 rings (SSSR count). The molecule has 0 spiro atoms. The molecule has 0 unspecified atom stereocenters. The fraction of sp³-hybridized carbons (Fsp3) is 0.571. The molecular formula is C14H18BrF3N2O. The predicted octanol–water partition coefficient (Wildman–Crippen LogP) is 3.14. The lowest BCUT2D eigenvalue weighted by molar-refractivity contribution is -0.137. The molecule has 1 N–H and O–H groups in total. The van der Waals surface area contributed by atoms with Crippen molar-refractivity contribution in [3.8, 4) is 5.75 Å². The van der Waals surface area contributed by atoms with Crippen LogP contribution < -0.4 is 10.1 Å². The number of halogens is 4. The number of alkyl halides is 3. The highest BCUT2D eigenvalue weighted by Gasteiger charge is 2.31. The van der Waals surface area contributed by atoms with Gasteiger partial charge in [-0.25, -0.2) is 0 Å². The summed E-state index contributed by atoms with van der Waals surface area (Å²) in [4.78, 5) is 2.24. The van der Waals surface area contributed by atoms with Crippen LogP contribution in [0.25, 0.3) is 0 Å². The van der Waals surface area contributed by atoms with Gasteiger partial charge in [0.2, 0.25) is 0 Å². The molecule has 0 aromatic heterocycles. The van der Waals surface area contributed by atoms with Crippen LogP contribution in [-0.4, -0.2) is 43.7 Å². The van der Waals surface area contributed by atoms with Crippen LogP contribution in [0.4, 0.5) is 13.2 Å². The Hall–Kier alpha value is -0.790. The van der Waals surface area contributed by atoms with Crippen molar-refractivity contribution in [3.05, 3.63) is 28.2 Å². The molecule has 3 nitrogen and oxygen atoms in total. The second-order valence-electron chi connectivity index (χ2n) is 5.15. The summed E-state index contributed by atoms with van der Waals surface area (Å²) in [5.41, 5.74) is -0.698. The summed E-state index contributed by atoms with van der Waals surface area (Å²) < 4.78 is 44.0. The zero-order valence-corrected chi connectivity index (χ0v) is 13.3. The molecule has 0 radical (unpaired) electrons. The number of hydrogen-bond donors (Lipinski definition) is 1. The molecule has 7 heteroatoms. The molecule has 1 aliphatic rings. The maximum Gasteiger partial charge on any atom is 0.416 e. The van der Waals surface area contributed by atoms with Gasteiger partial charge in [0.15, 0.2) is 0 Å². The topological polar surface area (TPSA) is 24.5 Å². The zero-order valence-electron chi connectivity index (χ0n) is 11.7. The first kappa shape index (κ1) is 16.6. The molecule has 0 amide bonds. The van der Waals surface area contributed by atoms with Gasteiger partial charge in [-0.15, -0.1) is 0 Å². The molecule has 0 saturated carbocycles. The van der Waals surface area contributed by atoms with E-state index in [4.69, 9.17) is 4.74 Å². The highest BCUT2D eigenvalue weighted by molar-refractivity contribution is 9.10. The minimum Gasteiger partial charge on any atom is -0.491 e. The number of benzene rings is 1. The van der Waals surface area contributed by atoms with Crippen LogP contribution in [0.1, 0.15) is 12.5 Å². The van der Waals surface area contributed by atoms with Crippen LogP contribution in [0, 0.1) is 0 Å². The fourth-order valence-corrected chi connectivity index (χ4v) is 2.65. The van der Waals surface area contributed by atoms with Crippen LogP contribution in [0.2, 0.25) is 0 Å². The fourth-order valence-electron chi connectivity index (χ4n) is 2.29. The van der Waals surface area contributed by atoms with Crippen LogP contribution in [0.5, 0.6) is 5.75 Å². The van der Waals surface area contributed by atoms with Crippen molar-refractivity contribution in [1.82, 2.24) is 10.2 Å². The van der Waals surface area contributed by atoms with E-state index < -0.39 is 11.7 Å². The van der Waals surface area contributed by atoms with E-state index in [0.717, 1.165) is 31.8 Å². The lowest BCUT2D eigenvalue weighted by Gasteiger charge is -2.31. The van der Waals surface area contributed by atoms with Gasteiger partial charge in [0.25, 0.3) is 0 Å². The Morgan fingerprint density at radius 3 is 2.86 bits per heavy atom. The number of ether oxygens (including phenoxy) is 1. The van der Waals surface area contributed by atoms with E-state index in [2.05, 4.69) is 33.1 Å². The Bertz CT molecular complexity index is 482. The molecule has 0 bridgehead atoms. The summed E-state index contributed by atoms with van der Waals surface area (Å²) in [5, 5.41) is 3.34. The van der Waals surface area contributed by atoms with E-state index in [-0.39, 0.29) is 5.75 Å². The van der Waals surface area contributed by atoms with E-state index in [0.29, 0.717) is 23.7 Å². The Morgan fingerprint density at radius 2 is 2.19 bits per heavy atom. The molecule has 1 heterocycles. The summed E-state index contributed by atoms with van der Waals surface area (Å²) in [6.45, 7) is 5.96. The third-order valence-corrected chi connectivity index (χ3v) is 4.03. The maximum absolute atomic E-state index is 12.7. The maximum atomic E-state index is 12.7. The van der Waals surface area contributed by atoms with Crippen molar-refractivity contribution in [2.75, 3.05) is 32.8 Å². The average molecular weight is 367 g/mol. The van der Waals surface area contributed by atoms with Gasteiger partial charge in [-0.1, -0.05) is 0 Å². The Kier molecular flexibility index (Phi) is 5.51. The van der Waals surface area contributed by atoms with Gasteiger partial charge in [-0.05, 0) is 41.1 Å². The van der Waals surface area contributed by atoms with Gasteiger partial charge in [0, 0.05) is 32.2 Å². The monoisotopic (exact) mass is 366 g/mol. The van der Waals surface area contributed by atoms with Crippen molar-refractivity contribution in [2.24, 2.45) is 0 Å². The SMILES string of the molecule is C[C@@H]1CN(CCOc2cc(C(F)(F)F)ccc2Br)CCN1. The van der Waals surface area contributed by atoms with E-state index in [9.17, 15) is 13.2 Å². The summed E-state index contributed by atoms with van der Waals surface area (Å²) >= 11 is 3.22. The van der Waals surface area contributed by atoms with Crippen LogP contribution in [0.3, 0.4) is 0 Å². The van der Waals surface area contributed by atoms with Crippen LogP contribution in [-0.2, 0) is 6.18 Å². The highest BCUT2D eigenvalue weighted by Crippen LogP contribution is 2.35. The smallest absolute Gasteiger partial charge is 0.416 e. The first-order chi connectivity index (χ1) is 9.86. The standard InChI is InChI=1S/C14H18BrF3N2O/c1-10-9-20(5-4-19-10)6-7-21-13-8-11(14(16,17)18)2-3-12(13)15/h2-3,8,10,19H,4-7,9H2,1H3/t10-/m1/s1. The second kappa shape index (κ2) is 6.98. The van der Waals surface area contributed by atoms with Crippen molar-refractivity contribution in [3.63, 3.8) is 0 Å². The third kappa shape index (κ3) is 4.86. The van der Waals surface area contributed by atoms with E-state index >= 15 is 0 Å². The second-order valence-corrected chi connectivity index (χ2v) is 6.00. The van der Waals surface area contributed by atoms with Crippen molar-refractivity contribution in [2.45, 2.75) is 19.1 Å². The molecule has 1 aliphatic heterocycles. The van der Waals surface area contributed by atoms with Crippen LogP contribution in [0.15, 0.2) is 22.7 Å². The first-order valence-corrected chi connectivity index (χ1v) is 7.61. The molecule has 0 aliphatic carbocycles. The van der Waals surface area contributed by atoms with E-state index in [1.165, 1.54) is 6.07 Å². The molecule has 118 valence electrons. The number of rotatable bonds is 4. The zero-order chi connectivity index (χ0) is 15.5. The van der Waals surface area contributed by atoms with Crippen molar-refractivity contribution in [1.29, 1.82) is 0 Å². The van der Waals surface area contributed by atoms with Gasteiger partial charge in [0.1, 0.15) is 12.4 Å². The van der Waals surface area contributed by atoms with Gasteiger partial charge in [-0.3, -0.25) is 4.90 Å². The van der Waals surface area contributed by atoms with Gasteiger partial charge < -0.3 is 10.1 Å². The lowest BCUT2D eigenvalue weighted by Crippen LogP contribution is -2.50. The molecular weight excluding hydrogens is 349 g/mol. The normalized spacial score (nSPS) is 20.5. The summed E-state index contributed by atoms with van der Waals surface area (Å²) in [6, 6.07) is 3.86. The number of nitrogens with zero attached hydrogens (tertiary/aromatic N) is 1. The largest absolute Gasteiger partial charge is 0.491 e. The minimum absolute atomic E-state index is 0.230. The lowest BCUT2D eigenvalue weighted by atomic mass is 10.2. The molecule has 1 aromatic carbocycles. The van der Waals surface area contributed by atoms with Gasteiger partial charge in [0.05, 0.1) is 10.0 Å². The summed E-state index contributed by atoms with van der Waals surface area (Å²) in [6.07, 6.45) is -4.35. The third-order valence-electron chi connectivity index (χ3n) is 3.38. The Balaban J connectivity index is 1.90. The number of nitrogens with one attached hydrogen (secondary N) is 1. The molecule has 1 fully saturated rings. The van der Waals surface area contributed by atoms with Gasteiger partial charge >= 0.3 is 6.18 Å². The predicted molar refractivity (Wildman–Crippen MR) is 78.5 cm³/mol. The van der Waals surface area contributed by atoms with Crippen molar-refractivity contribution >= 4 is 15.9 Å². The van der Waals surface area contributed by atoms with Gasteiger partial charge in [-0.2, -0.15) is 13.2 Å². The van der Waals surface area contributed by atoms with Crippen molar-refractivity contribution < 1.29 is 17.9 Å². The molecule has 21 heavy (non-hydrogen) atoms.